The number of hydrogen-bond donors (Lipinski definition) is 0. The topological polar surface area (TPSA) is 64.1 Å². The Morgan fingerprint density at radius 1 is 1.09 bits per heavy atom. The number of rotatable bonds is 4. The molecule has 4 aliphatic carbocycles. The van der Waals surface area contributed by atoms with Gasteiger partial charge in [0, 0.05) is 6.20 Å². The molecule has 1 heterocycles. The van der Waals surface area contributed by atoms with Gasteiger partial charge >= 0.3 is 0 Å². The van der Waals surface area contributed by atoms with Crippen LogP contribution in [0.4, 0.5) is 0 Å². The maximum Gasteiger partial charge on any atom is 0.205 e. The molecule has 1 atom stereocenters. The van der Waals surface area contributed by atoms with Crippen molar-refractivity contribution in [3.05, 3.63) is 24.4 Å². The summed E-state index contributed by atoms with van der Waals surface area (Å²) < 4.78 is 26.0. The van der Waals surface area contributed by atoms with Gasteiger partial charge in [0.1, 0.15) is 11.5 Å². The fourth-order valence-corrected chi connectivity index (χ4v) is 7.55. The Labute approximate surface area is 131 Å². The van der Waals surface area contributed by atoms with Crippen molar-refractivity contribution in [2.24, 2.45) is 23.2 Å². The first-order chi connectivity index (χ1) is 10.5. The molecule has 4 aliphatic rings. The summed E-state index contributed by atoms with van der Waals surface area (Å²) in [4.78, 5) is 15.8. The average Bonchev–Trinajstić information content (AvgIpc) is 2.46. The Kier molecular flexibility index (Phi) is 3.19. The highest BCUT2D eigenvalue weighted by Gasteiger charge is 2.57. The van der Waals surface area contributed by atoms with E-state index in [4.69, 9.17) is 0 Å². The normalized spacial score (nSPS) is 37.9. The second-order valence-corrected chi connectivity index (χ2v) is 9.57. The van der Waals surface area contributed by atoms with Crippen LogP contribution in [0, 0.1) is 23.2 Å². The molecule has 0 radical (unpaired) electrons. The molecule has 4 fully saturated rings. The van der Waals surface area contributed by atoms with Gasteiger partial charge in [0.05, 0.1) is 0 Å². The minimum atomic E-state index is -3.69. The van der Waals surface area contributed by atoms with Gasteiger partial charge in [0.15, 0.2) is 5.03 Å². The van der Waals surface area contributed by atoms with E-state index in [1.165, 1.54) is 31.5 Å². The summed E-state index contributed by atoms with van der Waals surface area (Å²) in [5, 5.41) is -0.883. The van der Waals surface area contributed by atoms with E-state index >= 15 is 0 Å². The van der Waals surface area contributed by atoms with Gasteiger partial charge < -0.3 is 4.79 Å². The first-order valence-corrected chi connectivity index (χ1v) is 9.68. The van der Waals surface area contributed by atoms with Gasteiger partial charge in [-0.1, -0.05) is 6.07 Å². The molecule has 4 bridgehead atoms. The van der Waals surface area contributed by atoms with Crippen LogP contribution < -0.4 is 0 Å². The number of sulfone groups is 1. The molecule has 5 heteroatoms. The second kappa shape index (κ2) is 4.88. The first-order valence-electron chi connectivity index (χ1n) is 8.14. The van der Waals surface area contributed by atoms with E-state index < -0.39 is 15.1 Å². The Morgan fingerprint density at radius 2 is 1.68 bits per heavy atom. The van der Waals surface area contributed by atoms with Crippen molar-refractivity contribution in [3.8, 4) is 0 Å². The van der Waals surface area contributed by atoms with E-state index in [1.807, 2.05) is 0 Å². The molecular formula is C17H21NO3S. The first kappa shape index (κ1) is 14.4. The molecule has 1 unspecified atom stereocenters. The van der Waals surface area contributed by atoms with Gasteiger partial charge in [-0.25, -0.2) is 13.4 Å². The van der Waals surface area contributed by atoms with Crippen LogP contribution in [0.3, 0.4) is 0 Å². The van der Waals surface area contributed by atoms with Gasteiger partial charge in [-0.05, 0) is 73.8 Å². The van der Waals surface area contributed by atoms with Crippen molar-refractivity contribution >= 4 is 16.1 Å². The summed E-state index contributed by atoms with van der Waals surface area (Å²) in [5.41, 5.74) is -0.340. The largest absolute Gasteiger partial charge is 0.302 e. The molecule has 118 valence electrons. The standard InChI is InChI=1S/C17H21NO3S/c19-11-15(22(20,21)16-3-1-2-4-18-16)17-8-12-5-13(9-17)7-14(6-12)10-17/h1-4,11-15H,5-10H2. The third-order valence-electron chi connectivity index (χ3n) is 6.08. The Hall–Kier alpha value is -1.23. The zero-order valence-electron chi connectivity index (χ0n) is 12.5. The minimum Gasteiger partial charge on any atom is -0.302 e. The lowest BCUT2D eigenvalue weighted by molar-refractivity contribution is -0.115. The number of pyridine rings is 1. The maximum atomic E-state index is 13.0. The lowest BCUT2D eigenvalue weighted by Gasteiger charge is -2.58. The zero-order chi connectivity index (χ0) is 15.4. The third-order valence-corrected chi connectivity index (χ3v) is 8.18. The van der Waals surface area contributed by atoms with Crippen LogP contribution >= 0.6 is 0 Å². The monoisotopic (exact) mass is 319 g/mol. The van der Waals surface area contributed by atoms with E-state index in [2.05, 4.69) is 4.98 Å². The van der Waals surface area contributed by atoms with E-state index in [1.54, 1.807) is 12.1 Å². The molecule has 5 rings (SSSR count). The second-order valence-electron chi connectivity index (χ2n) is 7.55. The van der Waals surface area contributed by atoms with Gasteiger partial charge in [-0.3, -0.25) is 0 Å². The Bertz CT molecular complexity index is 648. The molecule has 4 saturated carbocycles. The van der Waals surface area contributed by atoms with Crippen molar-refractivity contribution in [1.29, 1.82) is 0 Å². The van der Waals surface area contributed by atoms with Gasteiger partial charge in [0.25, 0.3) is 0 Å². The minimum absolute atomic E-state index is 0.0443. The predicted molar refractivity (Wildman–Crippen MR) is 81.9 cm³/mol. The number of nitrogens with zero attached hydrogens (tertiary/aromatic N) is 1. The van der Waals surface area contributed by atoms with Crippen LogP contribution in [-0.4, -0.2) is 24.9 Å². The summed E-state index contributed by atoms with van der Waals surface area (Å²) in [6, 6.07) is 4.87. The number of hydrogen-bond acceptors (Lipinski definition) is 4. The summed E-state index contributed by atoms with van der Waals surface area (Å²) in [6.07, 6.45) is 8.56. The lowest BCUT2D eigenvalue weighted by Crippen LogP contribution is -2.54. The highest BCUT2D eigenvalue weighted by molar-refractivity contribution is 7.92. The average molecular weight is 319 g/mol. The van der Waals surface area contributed by atoms with Crippen molar-refractivity contribution in [1.82, 2.24) is 4.98 Å². The van der Waals surface area contributed by atoms with Crippen molar-refractivity contribution in [3.63, 3.8) is 0 Å². The SMILES string of the molecule is O=CC(C12CC3CC(CC(C3)C1)C2)S(=O)(=O)c1ccccn1. The van der Waals surface area contributed by atoms with Gasteiger partial charge in [-0.2, -0.15) is 0 Å². The molecule has 1 aromatic heterocycles. The molecule has 0 N–H and O–H groups in total. The van der Waals surface area contributed by atoms with Crippen molar-refractivity contribution in [2.45, 2.75) is 48.8 Å². The van der Waals surface area contributed by atoms with Crippen molar-refractivity contribution < 1.29 is 13.2 Å². The van der Waals surface area contributed by atoms with E-state index in [0.717, 1.165) is 19.3 Å². The van der Waals surface area contributed by atoms with E-state index in [9.17, 15) is 13.2 Å². The lowest BCUT2D eigenvalue weighted by atomic mass is 9.49. The number of carbonyl (C=O) groups is 1. The predicted octanol–water partition coefficient (Wildman–Crippen LogP) is 2.64. The highest BCUT2D eigenvalue weighted by atomic mass is 32.2. The van der Waals surface area contributed by atoms with Gasteiger partial charge in [0.2, 0.25) is 9.84 Å². The van der Waals surface area contributed by atoms with Crippen LogP contribution in [0.5, 0.6) is 0 Å². The highest BCUT2D eigenvalue weighted by Crippen LogP contribution is 2.62. The summed E-state index contributed by atoms with van der Waals surface area (Å²) in [6.45, 7) is 0. The van der Waals surface area contributed by atoms with E-state index in [-0.39, 0.29) is 10.4 Å². The van der Waals surface area contributed by atoms with E-state index in [0.29, 0.717) is 24.0 Å². The third kappa shape index (κ3) is 2.05. The molecule has 1 aromatic rings. The summed E-state index contributed by atoms with van der Waals surface area (Å²) in [7, 11) is -3.69. The molecule has 0 aromatic carbocycles. The molecule has 0 spiro atoms. The fraction of sp³-hybridized carbons (Fsp3) is 0.647. The molecule has 0 aliphatic heterocycles. The van der Waals surface area contributed by atoms with Crippen LogP contribution in [0.1, 0.15) is 38.5 Å². The Morgan fingerprint density at radius 3 is 2.14 bits per heavy atom. The summed E-state index contributed by atoms with van der Waals surface area (Å²) >= 11 is 0. The van der Waals surface area contributed by atoms with Crippen LogP contribution in [0.2, 0.25) is 0 Å². The van der Waals surface area contributed by atoms with Crippen LogP contribution in [0.15, 0.2) is 29.4 Å². The molecule has 4 nitrogen and oxygen atoms in total. The number of aldehydes is 1. The maximum absolute atomic E-state index is 13.0. The smallest absolute Gasteiger partial charge is 0.205 e. The molecule has 0 amide bonds. The van der Waals surface area contributed by atoms with Crippen LogP contribution in [0.25, 0.3) is 0 Å². The quantitative estimate of drug-likeness (QED) is 0.800. The zero-order valence-corrected chi connectivity index (χ0v) is 13.3. The number of aromatic nitrogens is 1. The summed E-state index contributed by atoms with van der Waals surface area (Å²) in [5.74, 6) is 1.85. The molecular weight excluding hydrogens is 298 g/mol. The van der Waals surface area contributed by atoms with Crippen molar-refractivity contribution in [2.75, 3.05) is 0 Å². The number of carbonyl (C=O) groups excluding carboxylic acids is 1. The van der Waals surface area contributed by atoms with Gasteiger partial charge in [-0.15, -0.1) is 0 Å². The molecule has 0 saturated heterocycles. The molecule has 22 heavy (non-hydrogen) atoms. The Balaban J connectivity index is 1.75. The van der Waals surface area contributed by atoms with Crippen LogP contribution in [-0.2, 0) is 14.6 Å². The fourth-order valence-electron chi connectivity index (χ4n) is 5.72.